The summed E-state index contributed by atoms with van der Waals surface area (Å²) in [6.45, 7) is 9.48. The van der Waals surface area contributed by atoms with Crippen LogP contribution in [-0.2, 0) is 9.53 Å². The number of aliphatic hydroxyl groups is 1. The fraction of sp³-hybridized carbons (Fsp3) is 0.867. The highest BCUT2D eigenvalue weighted by molar-refractivity contribution is 5.79. The Hall–Kier alpha value is -1.30. The Kier molecular flexibility index (Phi) is 6.45. The molecule has 1 N–H and O–H groups in total. The van der Waals surface area contributed by atoms with E-state index in [9.17, 15) is 9.59 Å². The zero-order valence-corrected chi connectivity index (χ0v) is 13.6. The molecule has 1 aliphatic rings. The number of carbonyl (C=O) groups excluding carboxylic acids is 2. The van der Waals surface area contributed by atoms with E-state index in [4.69, 9.17) is 9.84 Å². The van der Waals surface area contributed by atoms with Gasteiger partial charge in [0.2, 0.25) is 5.91 Å². The van der Waals surface area contributed by atoms with E-state index in [0.717, 1.165) is 0 Å². The number of carbonyl (C=O) groups is 2. The number of likely N-dealkylation sites (tertiary alicyclic amines) is 1. The van der Waals surface area contributed by atoms with Crippen LogP contribution in [0.15, 0.2) is 0 Å². The lowest BCUT2D eigenvalue weighted by Crippen LogP contribution is -2.46. The Balaban J connectivity index is 2.48. The third-order valence-corrected chi connectivity index (χ3v) is 3.56. The molecule has 0 aromatic rings. The van der Waals surface area contributed by atoms with Crippen LogP contribution in [0.4, 0.5) is 4.79 Å². The average molecular weight is 300 g/mol. The van der Waals surface area contributed by atoms with Crippen LogP contribution in [0, 0.1) is 5.92 Å². The quantitative estimate of drug-likeness (QED) is 0.853. The maximum atomic E-state index is 12.3. The number of hydrogen-bond donors (Lipinski definition) is 1. The number of piperidine rings is 1. The molecule has 0 saturated carbocycles. The summed E-state index contributed by atoms with van der Waals surface area (Å²) < 4.78 is 5.34. The minimum absolute atomic E-state index is 0.0175. The molecule has 6 heteroatoms. The molecular formula is C15H28N2O4. The predicted octanol–water partition coefficient (Wildman–Crippen LogP) is 1.47. The summed E-state index contributed by atoms with van der Waals surface area (Å²) in [7, 11) is 0. The first-order valence-corrected chi connectivity index (χ1v) is 7.66. The van der Waals surface area contributed by atoms with Gasteiger partial charge in [0.25, 0.3) is 0 Å². The van der Waals surface area contributed by atoms with E-state index in [1.165, 1.54) is 0 Å². The molecule has 0 aromatic heterocycles. The molecule has 0 spiro atoms. The SMILES string of the molecule is CCN(CCO)C(=O)C1CCN(C(=O)OC(C)(C)C)CC1. The third kappa shape index (κ3) is 5.53. The van der Waals surface area contributed by atoms with Crippen LogP contribution in [0.25, 0.3) is 0 Å². The summed E-state index contributed by atoms with van der Waals surface area (Å²) in [5, 5.41) is 8.97. The van der Waals surface area contributed by atoms with Crippen molar-refractivity contribution in [3.8, 4) is 0 Å². The second-order valence-corrected chi connectivity index (χ2v) is 6.38. The van der Waals surface area contributed by atoms with Gasteiger partial charge in [-0.3, -0.25) is 4.79 Å². The molecule has 1 aliphatic heterocycles. The van der Waals surface area contributed by atoms with Gasteiger partial charge in [0.05, 0.1) is 6.61 Å². The Labute approximate surface area is 127 Å². The Bertz CT molecular complexity index is 357. The Morgan fingerprint density at radius 3 is 2.29 bits per heavy atom. The molecule has 1 fully saturated rings. The number of ether oxygens (including phenoxy) is 1. The van der Waals surface area contributed by atoms with E-state index in [0.29, 0.717) is 39.0 Å². The molecule has 21 heavy (non-hydrogen) atoms. The van der Waals surface area contributed by atoms with Crippen molar-refractivity contribution < 1.29 is 19.4 Å². The van der Waals surface area contributed by atoms with Crippen molar-refractivity contribution in [1.29, 1.82) is 0 Å². The number of nitrogens with zero attached hydrogens (tertiary/aromatic N) is 2. The summed E-state index contributed by atoms with van der Waals surface area (Å²) in [4.78, 5) is 27.6. The molecule has 0 atom stereocenters. The molecule has 0 bridgehead atoms. The van der Waals surface area contributed by atoms with E-state index in [1.54, 1.807) is 9.80 Å². The third-order valence-electron chi connectivity index (χ3n) is 3.56. The van der Waals surface area contributed by atoms with Crippen LogP contribution >= 0.6 is 0 Å². The summed E-state index contributed by atoms with van der Waals surface area (Å²) >= 11 is 0. The number of likely N-dealkylation sites (N-methyl/N-ethyl adjacent to an activating group) is 1. The molecule has 0 unspecified atom stereocenters. The lowest BCUT2D eigenvalue weighted by Gasteiger charge is -2.34. The van der Waals surface area contributed by atoms with Crippen molar-refractivity contribution in [2.75, 3.05) is 32.8 Å². The molecule has 122 valence electrons. The molecule has 0 aromatic carbocycles. The topological polar surface area (TPSA) is 70.1 Å². The van der Waals surface area contributed by atoms with E-state index >= 15 is 0 Å². The summed E-state index contributed by atoms with van der Waals surface area (Å²) in [6.07, 6.45) is 0.996. The van der Waals surface area contributed by atoms with Gasteiger partial charge in [-0.05, 0) is 40.5 Å². The lowest BCUT2D eigenvalue weighted by atomic mass is 9.95. The second-order valence-electron chi connectivity index (χ2n) is 6.38. The fourth-order valence-electron chi connectivity index (χ4n) is 2.44. The van der Waals surface area contributed by atoms with E-state index in [2.05, 4.69) is 0 Å². The smallest absolute Gasteiger partial charge is 0.410 e. The normalized spacial score (nSPS) is 16.7. The number of amides is 2. The Morgan fingerprint density at radius 1 is 1.29 bits per heavy atom. The molecule has 6 nitrogen and oxygen atoms in total. The standard InChI is InChI=1S/C15H28N2O4/c1-5-16(10-11-18)13(19)12-6-8-17(9-7-12)14(20)21-15(2,3)4/h12,18H,5-11H2,1-4H3. The van der Waals surface area contributed by atoms with Crippen LogP contribution in [0.5, 0.6) is 0 Å². The summed E-state index contributed by atoms with van der Waals surface area (Å²) in [5.41, 5.74) is -0.496. The van der Waals surface area contributed by atoms with E-state index < -0.39 is 5.60 Å². The van der Waals surface area contributed by atoms with E-state index in [-0.39, 0.29) is 24.5 Å². The molecular weight excluding hydrogens is 272 g/mol. The average Bonchev–Trinajstić information content (AvgIpc) is 2.42. The van der Waals surface area contributed by atoms with Crippen molar-refractivity contribution in [3.05, 3.63) is 0 Å². The number of rotatable bonds is 4. The van der Waals surface area contributed by atoms with Crippen LogP contribution in [0.1, 0.15) is 40.5 Å². The maximum Gasteiger partial charge on any atom is 0.410 e. The highest BCUT2D eigenvalue weighted by atomic mass is 16.6. The van der Waals surface area contributed by atoms with Crippen molar-refractivity contribution in [2.24, 2.45) is 5.92 Å². The van der Waals surface area contributed by atoms with Crippen molar-refractivity contribution in [1.82, 2.24) is 9.80 Å². The summed E-state index contributed by atoms with van der Waals surface area (Å²) in [5.74, 6) is 0.0191. The van der Waals surface area contributed by atoms with Gasteiger partial charge in [0.15, 0.2) is 0 Å². The fourth-order valence-corrected chi connectivity index (χ4v) is 2.44. The second kappa shape index (κ2) is 7.64. The highest BCUT2D eigenvalue weighted by Gasteiger charge is 2.31. The Morgan fingerprint density at radius 2 is 1.86 bits per heavy atom. The van der Waals surface area contributed by atoms with Gasteiger partial charge >= 0.3 is 6.09 Å². The highest BCUT2D eigenvalue weighted by Crippen LogP contribution is 2.21. The molecule has 2 amide bonds. The zero-order valence-electron chi connectivity index (χ0n) is 13.6. The molecule has 1 rings (SSSR count). The van der Waals surface area contributed by atoms with Gasteiger partial charge < -0.3 is 19.6 Å². The van der Waals surface area contributed by atoms with Crippen molar-refractivity contribution >= 4 is 12.0 Å². The number of hydrogen-bond acceptors (Lipinski definition) is 4. The first-order chi connectivity index (χ1) is 9.78. The molecule has 0 aliphatic carbocycles. The summed E-state index contributed by atoms with van der Waals surface area (Å²) in [6, 6.07) is 0. The first-order valence-electron chi connectivity index (χ1n) is 7.66. The van der Waals surface area contributed by atoms with Crippen molar-refractivity contribution in [3.63, 3.8) is 0 Å². The number of aliphatic hydroxyl groups excluding tert-OH is 1. The minimum atomic E-state index is -0.496. The lowest BCUT2D eigenvalue weighted by molar-refractivity contribution is -0.137. The van der Waals surface area contributed by atoms with Crippen LogP contribution < -0.4 is 0 Å². The molecule has 1 heterocycles. The molecule has 0 radical (unpaired) electrons. The van der Waals surface area contributed by atoms with Gasteiger partial charge in [0, 0.05) is 32.1 Å². The minimum Gasteiger partial charge on any atom is -0.444 e. The first kappa shape index (κ1) is 17.8. The van der Waals surface area contributed by atoms with E-state index in [1.807, 2.05) is 27.7 Å². The van der Waals surface area contributed by atoms with Crippen LogP contribution in [-0.4, -0.2) is 65.3 Å². The predicted molar refractivity (Wildman–Crippen MR) is 79.9 cm³/mol. The molecule has 1 saturated heterocycles. The van der Waals surface area contributed by atoms with Crippen LogP contribution in [0.3, 0.4) is 0 Å². The zero-order chi connectivity index (χ0) is 16.0. The van der Waals surface area contributed by atoms with Gasteiger partial charge in [-0.1, -0.05) is 0 Å². The monoisotopic (exact) mass is 300 g/mol. The van der Waals surface area contributed by atoms with Gasteiger partial charge in [0.1, 0.15) is 5.60 Å². The largest absolute Gasteiger partial charge is 0.444 e. The van der Waals surface area contributed by atoms with Gasteiger partial charge in [-0.25, -0.2) is 4.79 Å². The maximum absolute atomic E-state index is 12.3. The van der Waals surface area contributed by atoms with Crippen molar-refractivity contribution in [2.45, 2.75) is 46.1 Å². The van der Waals surface area contributed by atoms with Gasteiger partial charge in [-0.2, -0.15) is 0 Å². The van der Waals surface area contributed by atoms with Crippen LogP contribution in [0.2, 0.25) is 0 Å². The van der Waals surface area contributed by atoms with Gasteiger partial charge in [-0.15, -0.1) is 0 Å².